The molecule has 0 aromatic carbocycles. The fourth-order valence-corrected chi connectivity index (χ4v) is 10.7. The third-order valence-corrected chi connectivity index (χ3v) is 16.4. The van der Waals surface area contributed by atoms with E-state index in [-0.39, 0.29) is 32.0 Å². The predicted molar refractivity (Wildman–Crippen MR) is 360 cm³/mol. The molecule has 0 heterocycles. The van der Waals surface area contributed by atoms with E-state index in [2.05, 4.69) is 98.9 Å². The molecule has 10 heteroatoms. The van der Waals surface area contributed by atoms with Crippen molar-refractivity contribution in [2.24, 2.45) is 0 Å². The standard InChI is InChI=1S/C74H134NO8P/c1-6-8-10-12-14-16-18-20-22-24-26-28-30-31-32-33-34-35-36-37-38-39-40-41-42-43-45-46-48-50-52-54-56-58-60-62-64-66-73(76)80-70-72(71-82-84(78,79)81-69-68-75(3,4)5)83-74(77)67-65-63-61-59-57-55-53-51-49-47-44-29-27-25-23-21-19-17-15-13-11-9-7-2/h9,11,15,17,21,23-24,26-27,29,47,49,53,55,72H,6-8,10,12-14,16,18-20,22,25,28,30-46,48,50-52,54,56-71H2,1-5H3/b11-9-,17-15-,23-21-,26-24-,29-27-,49-47-,55-53-. The highest BCUT2D eigenvalue weighted by Crippen LogP contribution is 2.38. The number of phosphoric acid groups is 1. The number of unbranched alkanes of at least 4 members (excludes halogenated alkanes) is 37. The lowest BCUT2D eigenvalue weighted by Gasteiger charge is -2.28. The molecular weight excluding hydrogens is 1060 g/mol. The summed E-state index contributed by atoms with van der Waals surface area (Å²) in [5.74, 6) is -0.855. The Balaban J connectivity index is 3.99. The lowest BCUT2D eigenvalue weighted by Crippen LogP contribution is -2.37. The summed E-state index contributed by atoms with van der Waals surface area (Å²) in [6.45, 7) is 4.13. The van der Waals surface area contributed by atoms with E-state index in [4.69, 9.17) is 18.5 Å². The molecule has 0 amide bonds. The second kappa shape index (κ2) is 64.7. The second-order valence-corrected chi connectivity index (χ2v) is 26.3. The SMILES string of the molecule is CC/C=C\C/C=C\C/C=C\C/C=C\C/C=C\C/C=C\CCCCCCC(=O)OC(COC(=O)CCCCCCCCCCCCCCCCCCCCCCCCCCC/C=C\CCCCCCCCCC)COP(=O)([O-])OCC[N+](C)(C)C. The number of quaternary nitrogens is 1. The molecule has 488 valence electrons. The van der Waals surface area contributed by atoms with E-state index in [1.807, 2.05) is 21.1 Å². The molecule has 0 radical (unpaired) electrons. The van der Waals surface area contributed by atoms with Gasteiger partial charge in [-0.15, -0.1) is 0 Å². The number of nitrogens with zero attached hydrogens (tertiary/aromatic N) is 1. The molecule has 0 aromatic rings. The van der Waals surface area contributed by atoms with Crippen LogP contribution in [0.2, 0.25) is 0 Å². The van der Waals surface area contributed by atoms with Crippen LogP contribution < -0.4 is 4.89 Å². The number of hydrogen-bond acceptors (Lipinski definition) is 8. The molecule has 0 N–H and O–H groups in total. The van der Waals surface area contributed by atoms with Gasteiger partial charge in [0.25, 0.3) is 7.82 Å². The molecule has 0 aliphatic carbocycles. The van der Waals surface area contributed by atoms with Crippen LogP contribution in [0.5, 0.6) is 0 Å². The molecule has 2 unspecified atom stereocenters. The molecule has 0 rings (SSSR count). The van der Waals surface area contributed by atoms with Gasteiger partial charge in [-0.1, -0.05) is 304 Å². The number of ether oxygens (including phenoxy) is 2. The molecule has 0 aliphatic rings. The molecule has 0 fully saturated rings. The Bertz CT molecular complexity index is 1690. The average molecular weight is 1200 g/mol. The normalized spacial score (nSPS) is 13.6. The Kier molecular flexibility index (Phi) is 62.5. The lowest BCUT2D eigenvalue weighted by molar-refractivity contribution is -0.870. The van der Waals surface area contributed by atoms with E-state index in [1.54, 1.807) is 0 Å². The van der Waals surface area contributed by atoms with E-state index in [9.17, 15) is 19.0 Å². The van der Waals surface area contributed by atoms with Crippen molar-refractivity contribution in [2.75, 3.05) is 47.5 Å². The lowest BCUT2D eigenvalue weighted by atomic mass is 10.0. The van der Waals surface area contributed by atoms with Gasteiger partial charge in [0, 0.05) is 12.8 Å². The van der Waals surface area contributed by atoms with Gasteiger partial charge in [0.1, 0.15) is 19.8 Å². The quantitative estimate of drug-likeness (QED) is 0.0195. The summed E-state index contributed by atoms with van der Waals surface area (Å²) in [5.41, 5.74) is 0. The zero-order valence-electron chi connectivity index (χ0n) is 55.6. The highest BCUT2D eigenvalue weighted by Gasteiger charge is 2.22. The van der Waals surface area contributed by atoms with Gasteiger partial charge in [-0.3, -0.25) is 14.2 Å². The van der Waals surface area contributed by atoms with E-state index in [0.717, 1.165) is 83.5 Å². The first kappa shape index (κ1) is 81.2. The summed E-state index contributed by atoms with van der Waals surface area (Å²) in [5, 5.41) is 0. The van der Waals surface area contributed by atoms with Gasteiger partial charge in [-0.05, 0) is 89.9 Å². The largest absolute Gasteiger partial charge is 0.756 e. The summed E-state index contributed by atoms with van der Waals surface area (Å²) in [4.78, 5) is 38.0. The van der Waals surface area contributed by atoms with E-state index in [0.29, 0.717) is 17.4 Å². The Morgan fingerprint density at radius 2 is 0.679 bits per heavy atom. The topological polar surface area (TPSA) is 111 Å². The number of likely N-dealkylation sites (N-methyl/N-ethyl adjacent to an activating group) is 1. The molecule has 9 nitrogen and oxygen atoms in total. The van der Waals surface area contributed by atoms with Crippen LogP contribution in [-0.2, 0) is 32.7 Å². The molecule has 0 spiro atoms. The first-order valence-corrected chi connectivity index (χ1v) is 36.8. The Morgan fingerprint density at radius 3 is 1.02 bits per heavy atom. The Hall–Kier alpha value is -2.81. The van der Waals surface area contributed by atoms with Gasteiger partial charge in [0.2, 0.25) is 0 Å². The van der Waals surface area contributed by atoms with Crippen molar-refractivity contribution in [1.29, 1.82) is 0 Å². The van der Waals surface area contributed by atoms with E-state index in [1.165, 1.54) is 205 Å². The molecule has 0 saturated heterocycles. The molecule has 0 bridgehead atoms. The van der Waals surface area contributed by atoms with Gasteiger partial charge < -0.3 is 27.9 Å². The van der Waals surface area contributed by atoms with Crippen molar-refractivity contribution in [2.45, 2.75) is 328 Å². The van der Waals surface area contributed by atoms with Crippen molar-refractivity contribution in [3.63, 3.8) is 0 Å². The minimum absolute atomic E-state index is 0.0388. The van der Waals surface area contributed by atoms with Gasteiger partial charge in [-0.2, -0.15) is 0 Å². The van der Waals surface area contributed by atoms with Crippen LogP contribution in [0.1, 0.15) is 322 Å². The molecule has 2 atom stereocenters. The number of rotatable bonds is 65. The van der Waals surface area contributed by atoms with Crippen LogP contribution in [0.4, 0.5) is 0 Å². The minimum Gasteiger partial charge on any atom is -0.756 e. The summed E-state index contributed by atoms with van der Waals surface area (Å²) in [7, 11) is 1.15. The predicted octanol–water partition coefficient (Wildman–Crippen LogP) is 22.3. The van der Waals surface area contributed by atoms with E-state index >= 15 is 0 Å². The van der Waals surface area contributed by atoms with Crippen molar-refractivity contribution in [3.05, 3.63) is 85.1 Å². The summed E-state index contributed by atoms with van der Waals surface area (Å²) < 4.78 is 34.3. The Labute approximate surface area is 520 Å². The van der Waals surface area contributed by atoms with Crippen LogP contribution in [-0.4, -0.2) is 70.0 Å². The van der Waals surface area contributed by atoms with Gasteiger partial charge in [-0.25, -0.2) is 0 Å². The number of carbonyl (C=O) groups is 2. The zero-order valence-corrected chi connectivity index (χ0v) is 56.5. The molecule has 0 aromatic heterocycles. The first-order valence-electron chi connectivity index (χ1n) is 35.3. The van der Waals surface area contributed by atoms with Crippen molar-refractivity contribution < 1.29 is 42.1 Å². The smallest absolute Gasteiger partial charge is 0.306 e. The van der Waals surface area contributed by atoms with Crippen LogP contribution in [0.3, 0.4) is 0 Å². The van der Waals surface area contributed by atoms with Crippen molar-refractivity contribution in [3.8, 4) is 0 Å². The first-order chi connectivity index (χ1) is 41.0. The summed E-state index contributed by atoms with van der Waals surface area (Å²) >= 11 is 0. The summed E-state index contributed by atoms with van der Waals surface area (Å²) in [6, 6.07) is 0. The Morgan fingerprint density at radius 1 is 0.381 bits per heavy atom. The van der Waals surface area contributed by atoms with Crippen LogP contribution in [0.25, 0.3) is 0 Å². The third-order valence-electron chi connectivity index (χ3n) is 15.4. The molecule has 0 aliphatic heterocycles. The summed E-state index contributed by atoms with van der Waals surface area (Å²) in [6.07, 6.45) is 88.3. The average Bonchev–Trinajstić information content (AvgIpc) is 3.61. The van der Waals surface area contributed by atoms with Gasteiger partial charge in [0.05, 0.1) is 27.7 Å². The maximum atomic E-state index is 12.8. The minimum atomic E-state index is -4.65. The number of carbonyl (C=O) groups excluding carboxylic acids is 2. The fourth-order valence-electron chi connectivity index (χ4n) is 10.0. The maximum Gasteiger partial charge on any atom is 0.306 e. The number of hydrogen-bond donors (Lipinski definition) is 0. The fraction of sp³-hybridized carbons (Fsp3) is 0.784. The van der Waals surface area contributed by atoms with Gasteiger partial charge in [0.15, 0.2) is 6.10 Å². The maximum absolute atomic E-state index is 12.8. The second-order valence-electron chi connectivity index (χ2n) is 24.9. The zero-order chi connectivity index (χ0) is 61.2. The third kappa shape index (κ3) is 68.3. The molecule has 84 heavy (non-hydrogen) atoms. The van der Waals surface area contributed by atoms with E-state index < -0.39 is 26.5 Å². The highest BCUT2D eigenvalue weighted by molar-refractivity contribution is 7.45. The molecule has 0 saturated carbocycles. The van der Waals surface area contributed by atoms with Gasteiger partial charge >= 0.3 is 11.9 Å². The van der Waals surface area contributed by atoms with Crippen molar-refractivity contribution in [1.82, 2.24) is 0 Å². The monoisotopic (exact) mass is 1200 g/mol. The highest BCUT2D eigenvalue weighted by atomic mass is 31.2. The number of esters is 2. The number of allylic oxidation sites excluding steroid dienone is 14. The van der Waals surface area contributed by atoms with Crippen LogP contribution >= 0.6 is 7.82 Å². The van der Waals surface area contributed by atoms with Crippen LogP contribution in [0.15, 0.2) is 85.1 Å². The number of phosphoric ester groups is 1. The molecular formula is C74H134NO8P. The van der Waals surface area contributed by atoms with Crippen LogP contribution in [0, 0.1) is 0 Å². The van der Waals surface area contributed by atoms with Crippen molar-refractivity contribution >= 4 is 19.8 Å².